The summed E-state index contributed by atoms with van der Waals surface area (Å²) in [5.41, 5.74) is 0.862. The van der Waals surface area contributed by atoms with Crippen molar-refractivity contribution >= 4 is 33.0 Å². The van der Waals surface area contributed by atoms with Crippen LogP contribution in [0.3, 0.4) is 0 Å². The maximum absolute atomic E-state index is 12.8. The van der Waals surface area contributed by atoms with Crippen molar-refractivity contribution in [3.05, 3.63) is 57.7 Å². The lowest BCUT2D eigenvalue weighted by Gasteiger charge is -2.10. The van der Waals surface area contributed by atoms with Crippen molar-refractivity contribution in [2.45, 2.75) is 6.92 Å². The topological polar surface area (TPSA) is 72.9 Å². The van der Waals surface area contributed by atoms with Gasteiger partial charge in [0.15, 0.2) is 5.75 Å². The van der Waals surface area contributed by atoms with E-state index in [0.29, 0.717) is 21.3 Å². The minimum Gasteiger partial charge on any atom is -0.505 e. The summed E-state index contributed by atoms with van der Waals surface area (Å²) >= 11 is 7.49. The summed E-state index contributed by atoms with van der Waals surface area (Å²) in [7, 11) is 1.57. The van der Waals surface area contributed by atoms with E-state index in [9.17, 15) is 9.90 Å². The average Bonchev–Trinajstić information content (AvgIpc) is 3.17. The van der Waals surface area contributed by atoms with Crippen LogP contribution in [0.4, 0.5) is 0 Å². The molecule has 4 rings (SSSR count). The summed E-state index contributed by atoms with van der Waals surface area (Å²) in [5, 5.41) is 21.0. The molecule has 0 saturated carbocycles. The van der Waals surface area contributed by atoms with Gasteiger partial charge in [0.1, 0.15) is 10.7 Å². The summed E-state index contributed by atoms with van der Waals surface area (Å²) in [6, 6.07) is 7.71. The van der Waals surface area contributed by atoms with E-state index in [1.165, 1.54) is 22.2 Å². The van der Waals surface area contributed by atoms with Gasteiger partial charge in [-0.15, -0.1) is 11.3 Å². The molecular formula is C17H13ClN4O2S. The van der Waals surface area contributed by atoms with Crippen LogP contribution in [0.2, 0.25) is 5.02 Å². The Labute approximate surface area is 151 Å². The maximum atomic E-state index is 12.8. The first-order chi connectivity index (χ1) is 12.0. The van der Waals surface area contributed by atoms with Crippen molar-refractivity contribution in [2.75, 3.05) is 0 Å². The lowest BCUT2D eigenvalue weighted by atomic mass is 10.0. The SMILES string of the molecule is Cc1nn(C)c(=O)c(-c2c(-n3cc(Cl)cn3)sc3ccccc23)c1O. The normalized spacial score (nSPS) is 11.3. The van der Waals surface area contributed by atoms with E-state index in [1.54, 1.807) is 24.9 Å². The highest BCUT2D eigenvalue weighted by molar-refractivity contribution is 7.22. The van der Waals surface area contributed by atoms with Crippen molar-refractivity contribution in [3.8, 4) is 21.9 Å². The summed E-state index contributed by atoms with van der Waals surface area (Å²) in [5.74, 6) is -0.119. The predicted molar refractivity (Wildman–Crippen MR) is 98.8 cm³/mol. The Morgan fingerprint density at radius 2 is 2.00 bits per heavy atom. The molecule has 0 bridgehead atoms. The molecule has 0 amide bonds. The third kappa shape index (κ3) is 2.43. The molecule has 6 nitrogen and oxygen atoms in total. The first-order valence-corrected chi connectivity index (χ1v) is 8.66. The molecule has 0 radical (unpaired) electrons. The van der Waals surface area contributed by atoms with Gasteiger partial charge >= 0.3 is 0 Å². The van der Waals surface area contributed by atoms with Gasteiger partial charge in [0.05, 0.1) is 23.0 Å². The van der Waals surface area contributed by atoms with Gasteiger partial charge < -0.3 is 5.11 Å². The van der Waals surface area contributed by atoms with Gasteiger partial charge in [-0.25, -0.2) is 9.36 Å². The molecule has 0 spiro atoms. The van der Waals surface area contributed by atoms with Crippen molar-refractivity contribution in [2.24, 2.45) is 7.05 Å². The van der Waals surface area contributed by atoms with Gasteiger partial charge in [0.25, 0.3) is 5.56 Å². The minimum atomic E-state index is -0.369. The second-order valence-electron chi connectivity index (χ2n) is 5.62. The van der Waals surface area contributed by atoms with E-state index >= 15 is 0 Å². The molecule has 0 saturated heterocycles. The van der Waals surface area contributed by atoms with Crippen LogP contribution in [0.5, 0.6) is 5.75 Å². The lowest BCUT2D eigenvalue weighted by molar-refractivity contribution is 0.460. The Morgan fingerprint density at radius 3 is 2.72 bits per heavy atom. The number of aromatic hydroxyl groups is 1. The van der Waals surface area contributed by atoms with Gasteiger partial charge in [0.2, 0.25) is 0 Å². The summed E-state index contributed by atoms with van der Waals surface area (Å²) in [6.45, 7) is 1.66. The Morgan fingerprint density at radius 1 is 1.24 bits per heavy atom. The largest absolute Gasteiger partial charge is 0.505 e. The quantitative estimate of drug-likeness (QED) is 0.584. The Balaban J connectivity index is 2.17. The molecular weight excluding hydrogens is 360 g/mol. The van der Waals surface area contributed by atoms with E-state index < -0.39 is 0 Å². The number of fused-ring (bicyclic) bond motifs is 1. The second kappa shape index (κ2) is 5.72. The molecule has 3 aromatic heterocycles. The zero-order valence-electron chi connectivity index (χ0n) is 13.4. The Kier molecular flexibility index (Phi) is 3.63. The minimum absolute atomic E-state index is 0.119. The highest BCUT2D eigenvalue weighted by atomic mass is 35.5. The predicted octanol–water partition coefficient (Wildman–Crippen LogP) is 3.52. The summed E-state index contributed by atoms with van der Waals surface area (Å²) < 4.78 is 3.84. The number of rotatable bonds is 2. The summed E-state index contributed by atoms with van der Waals surface area (Å²) in [6.07, 6.45) is 3.21. The van der Waals surface area contributed by atoms with Crippen molar-refractivity contribution in [3.63, 3.8) is 0 Å². The van der Waals surface area contributed by atoms with Gasteiger partial charge in [-0.1, -0.05) is 29.8 Å². The fourth-order valence-electron chi connectivity index (χ4n) is 2.83. The summed E-state index contributed by atoms with van der Waals surface area (Å²) in [4.78, 5) is 12.8. The second-order valence-corrected chi connectivity index (χ2v) is 7.09. The number of halogens is 1. The Hall–Kier alpha value is -2.64. The van der Waals surface area contributed by atoms with Crippen LogP contribution >= 0.6 is 22.9 Å². The molecule has 126 valence electrons. The maximum Gasteiger partial charge on any atom is 0.278 e. The Bertz CT molecular complexity index is 1180. The van der Waals surface area contributed by atoms with Crippen LogP contribution in [0.15, 0.2) is 41.5 Å². The molecule has 8 heteroatoms. The van der Waals surface area contributed by atoms with Crippen molar-refractivity contribution in [1.29, 1.82) is 0 Å². The molecule has 4 aromatic rings. The van der Waals surface area contributed by atoms with E-state index in [0.717, 1.165) is 10.1 Å². The van der Waals surface area contributed by atoms with Crippen LogP contribution in [0, 0.1) is 6.92 Å². The van der Waals surface area contributed by atoms with Gasteiger partial charge in [-0.05, 0) is 13.0 Å². The van der Waals surface area contributed by atoms with Crippen LogP contribution in [-0.2, 0) is 7.05 Å². The fourth-order valence-corrected chi connectivity index (χ4v) is 4.11. The molecule has 25 heavy (non-hydrogen) atoms. The van der Waals surface area contributed by atoms with Crippen molar-refractivity contribution in [1.82, 2.24) is 19.6 Å². The van der Waals surface area contributed by atoms with E-state index in [1.807, 2.05) is 24.3 Å². The first-order valence-electron chi connectivity index (χ1n) is 7.46. The van der Waals surface area contributed by atoms with Gasteiger partial charge in [0, 0.05) is 22.7 Å². The van der Waals surface area contributed by atoms with Crippen LogP contribution in [-0.4, -0.2) is 24.7 Å². The van der Waals surface area contributed by atoms with Crippen LogP contribution in [0.25, 0.3) is 26.2 Å². The molecule has 1 aromatic carbocycles. The standard InChI is InChI=1S/C17H13ClN4O2S/c1-9-15(23)14(16(24)21(2)20-9)13-11-5-3-4-6-12(11)25-17(13)22-8-10(18)7-19-22/h3-8,23H,1-2H3. The molecule has 3 heterocycles. The number of thiophene rings is 1. The number of aryl methyl sites for hydroxylation is 2. The fraction of sp³-hybridized carbons (Fsp3) is 0.118. The third-order valence-electron chi connectivity index (χ3n) is 3.97. The first kappa shape index (κ1) is 15.9. The number of nitrogens with zero attached hydrogens (tertiary/aromatic N) is 4. The monoisotopic (exact) mass is 372 g/mol. The van der Waals surface area contributed by atoms with E-state index in [4.69, 9.17) is 11.6 Å². The number of hydrogen-bond acceptors (Lipinski definition) is 5. The molecule has 1 N–H and O–H groups in total. The molecule has 0 atom stereocenters. The van der Waals surface area contributed by atoms with Gasteiger partial charge in [-0.3, -0.25) is 4.79 Å². The van der Waals surface area contributed by atoms with Gasteiger partial charge in [-0.2, -0.15) is 10.2 Å². The number of benzene rings is 1. The van der Waals surface area contributed by atoms with E-state index in [-0.39, 0.29) is 16.9 Å². The smallest absolute Gasteiger partial charge is 0.278 e. The number of hydrogen-bond donors (Lipinski definition) is 1. The molecule has 0 fully saturated rings. The average molecular weight is 373 g/mol. The third-order valence-corrected chi connectivity index (χ3v) is 5.33. The molecule has 0 aliphatic carbocycles. The zero-order valence-corrected chi connectivity index (χ0v) is 15.0. The molecule has 0 aliphatic rings. The highest BCUT2D eigenvalue weighted by Crippen LogP contribution is 2.43. The molecule has 0 unspecified atom stereocenters. The van der Waals surface area contributed by atoms with E-state index in [2.05, 4.69) is 10.2 Å². The molecule has 0 aliphatic heterocycles. The number of aromatic nitrogens is 4. The zero-order chi connectivity index (χ0) is 17.7. The van der Waals surface area contributed by atoms with Crippen molar-refractivity contribution < 1.29 is 5.11 Å². The highest BCUT2D eigenvalue weighted by Gasteiger charge is 2.24. The van der Waals surface area contributed by atoms with Crippen LogP contribution < -0.4 is 5.56 Å². The van der Waals surface area contributed by atoms with Crippen LogP contribution in [0.1, 0.15) is 5.69 Å². The lowest BCUT2D eigenvalue weighted by Crippen LogP contribution is -2.22.